The van der Waals surface area contributed by atoms with Crippen LogP contribution in [0.2, 0.25) is 0 Å². The SMILES string of the molecule is NNC(CCC1CCCCO1)c1cnc2ccccc2c1. The van der Waals surface area contributed by atoms with Gasteiger partial charge < -0.3 is 4.74 Å². The first-order valence-corrected chi connectivity index (χ1v) is 7.79. The fraction of sp³-hybridized carbons (Fsp3) is 0.471. The lowest BCUT2D eigenvalue weighted by atomic mass is 9.98. The van der Waals surface area contributed by atoms with Gasteiger partial charge in [-0.05, 0) is 49.8 Å². The Morgan fingerprint density at radius 3 is 3.05 bits per heavy atom. The van der Waals surface area contributed by atoms with Crippen molar-refractivity contribution in [1.82, 2.24) is 10.4 Å². The maximum atomic E-state index is 5.79. The van der Waals surface area contributed by atoms with Crippen LogP contribution >= 0.6 is 0 Å². The van der Waals surface area contributed by atoms with E-state index < -0.39 is 0 Å². The summed E-state index contributed by atoms with van der Waals surface area (Å²) in [6.45, 7) is 0.906. The van der Waals surface area contributed by atoms with E-state index in [1.54, 1.807) is 0 Å². The van der Waals surface area contributed by atoms with E-state index in [2.05, 4.69) is 22.5 Å². The Kier molecular flexibility index (Phi) is 4.80. The standard InChI is InChI=1S/C17H23N3O/c18-20-17(9-8-15-6-3-4-10-21-15)14-11-13-5-1-2-7-16(13)19-12-14/h1-2,5,7,11-12,15,17,20H,3-4,6,8-10,18H2. The maximum absolute atomic E-state index is 5.79. The molecule has 0 amide bonds. The van der Waals surface area contributed by atoms with Crippen LogP contribution in [-0.2, 0) is 4.74 Å². The summed E-state index contributed by atoms with van der Waals surface area (Å²) in [5.74, 6) is 5.75. The number of fused-ring (bicyclic) bond motifs is 1. The molecule has 3 rings (SSSR count). The predicted molar refractivity (Wildman–Crippen MR) is 84.6 cm³/mol. The fourth-order valence-electron chi connectivity index (χ4n) is 3.01. The van der Waals surface area contributed by atoms with Gasteiger partial charge in [0.05, 0.1) is 11.6 Å². The van der Waals surface area contributed by atoms with Crippen molar-refractivity contribution in [2.45, 2.75) is 44.2 Å². The van der Waals surface area contributed by atoms with Crippen LogP contribution in [0.1, 0.15) is 43.7 Å². The van der Waals surface area contributed by atoms with E-state index in [0.29, 0.717) is 6.10 Å². The van der Waals surface area contributed by atoms with E-state index in [-0.39, 0.29) is 6.04 Å². The lowest BCUT2D eigenvalue weighted by Crippen LogP contribution is -2.29. The van der Waals surface area contributed by atoms with E-state index in [1.807, 2.05) is 24.4 Å². The van der Waals surface area contributed by atoms with E-state index in [9.17, 15) is 0 Å². The monoisotopic (exact) mass is 285 g/mol. The Hall–Kier alpha value is -1.49. The number of hydrogen-bond donors (Lipinski definition) is 2. The quantitative estimate of drug-likeness (QED) is 0.654. The molecule has 1 aliphatic heterocycles. The molecule has 0 bridgehead atoms. The topological polar surface area (TPSA) is 60.2 Å². The Balaban J connectivity index is 1.68. The number of para-hydroxylation sites is 1. The summed E-state index contributed by atoms with van der Waals surface area (Å²) in [6, 6.07) is 10.5. The van der Waals surface area contributed by atoms with Gasteiger partial charge in [0.15, 0.2) is 0 Å². The molecular weight excluding hydrogens is 262 g/mol. The smallest absolute Gasteiger partial charge is 0.0702 e. The normalized spacial score (nSPS) is 20.5. The summed E-state index contributed by atoms with van der Waals surface area (Å²) in [7, 11) is 0. The van der Waals surface area contributed by atoms with E-state index in [0.717, 1.165) is 35.9 Å². The number of hydrogen-bond acceptors (Lipinski definition) is 4. The minimum Gasteiger partial charge on any atom is -0.378 e. The lowest BCUT2D eigenvalue weighted by Gasteiger charge is -2.24. The van der Waals surface area contributed by atoms with Crippen LogP contribution in [0.25, 0.3) is 10.9 Å². The van der Waals surface area contributed by atoms with Crippen molar-refractivity contribution in [2.24, 2.45) is 5.84 Å². The largest absolute Gasteiger partial charge is 0.378 e. The van der Waals surface area contributed by atoms with Crippen LogP contribution in [0.15, 0.2) is 36.5 Å². The third-order valence-electron chi connectivity index (χ3n) is 4.27. The first-order chi connectivity index (χ1) is 10.4. The summed E-state index contributed by atoms with van der Waals surface area (Å²) in [6.07, 6.45) is 7.99. The zero-order valence-corrected chi connectivity index (χ0v) is 12.3. The van der Waals surface area contributed by atoms with Crippen molar-refractivity contribution in [2.75, 3.05) is 6.61 Å². The summed E-state index contributed by atoms with van der Waals surface area (Å²) in [5.41, 5.74) is 5.09. The molecule has 2 atom stereocenters. The van der Waals surface area contributed by atoms with Gasteiger partial charge in [0, 0.05) is 24.2 Å². The second-order valence-corrected chi connectivity index (χ2v) is 5.75. The molecule has 1 aliphatic rings. The van der Waals surface area contributed by atoms with Gasteiger partial charge in [-0.25, -0.2) is 0 Å². The summed E-state index contributed by atoms with van der Waals surface area (Å²) >= 11 is 0. The summed E-state index contributed by atoms with van der Waals surface area (Å²) in [4.78, 5) is 4.52. The number of rotatable bonds is 5. The van der Waals surface area contributed by atoms with E-state index >= 15 is 0 Å². The minimum atomic E-state index is 0.132. The molecule has 1 fully saturated rings. The highest BCUT2D eigenvalue weighted by atomic mass is 16.5. The maximum Gasteiger partial charge on any atom is 0.0702 e. The molecule has 0 radical (unpaired) electrons. The van der Waals surface area contributed by atoms with Gasteiger partial charge in [0.25, 0.3) is 0 Å². The molecular formula is C17H23N3O. The highest BCUT2D eigenvalue weighted by Gasteiger charge is 2.17. The van der Waals surface area contributed by atoms with Gasteiger partial charge in [-0.1, -0.05) is 18.2 Å². The van der Waals surface area contributed by atoms with Crippen molar-refractivity contribution < 1.29 is 4.74 Å². The Morgan fingerprint density at radius 1 is 1.33 bits per heavy atom. The second kappa shape index (κ2) is 6.98. The highest BCUT2D eigenvalue weighted by Crippen LogP contribution is 2.24. The molecule has 1 aromatic carbocycles. The molecule has 4 heteroatoms. The van der Waals surface area contributed by atoms with Crippen molar-refractivity contribution in [3.05, 3.63) is 42.1 Å². The van der Waals surface area contributed by atoms with Gasteiger partial charge in [-0.3, -0.25) is 16.3 Å². The summed E-state index contributed by atoms with van der Waals surface area (Å²) in [5, 5.41) is 1.16. The zero-order chi connectivity index (χ0) is 14.5. The molecule has 0 spiro atoms. The number of nitrogens with one attached hydrogen (secondary N) is 1. The molecule has 112 valence electrons. The Morgan fingerprint density at radius 2 is 2.24 bits per heavy atom. The predicted octanol–water partition coefficient (Wildman–Crippen LogP) is 3.09. The Bertz CT molecular complexity index is 581. The second-order valence-electron chi connectivity index (χ2n) is 5.75. The molecule has 0 aliphatic carbocycles. The molecule has 0 saturated carbocycles. The molecule has 21 heavy (non-hydrogen) atoms. The molecule has 3 N–H and O–H groups in total. The van der Waals surface area contributed by atoms with Crippen LogP contribution in [0.3, 0.4) is 0 Å². The van der Waals surface area contributed by atoms with Crippen molar-refractivity contribution in [3.8, 4) is 0 Å². The van der Waals surface area contributed by atoms with E-state index in [1.165, 1.54) is 19.3 Å². The Labute approximate surface area is 125 Å². The minimum absolute atomic E-state index is 0.132. The molecule has 2 unspecified atom stereocenters. The molecule has 1 aromatic heterocycles. The van der Waals surface area contributed by atoms with Gasteiger partial charge in [0.2, 0.25) is 0 Å². The van der Waals surface area contributed by atoms with Gasteiger partial charge >= 0.3 is 0 Å². The fourth-order valence-corrected chi connectivity index (χ4v) is 3.01. The van der Waals surface area contributed by atoms with Crippen molar-refractivity contribution in [1.29, 1.82) is 0 Å². The average molecular weight is 285 g/mol. The molecule has 1 saturated heterocycles. The number of nitrogens with two attached hydrogens (primary N) is 1. The number of pyridine rings is 1. The number of hydrazine groups is 1. The zero-order valence-electron chi connectivity index (χ0n) is 12.3. The first-order valence-electron chi connectivity index (χ1n) is 7.79. The lowest BCUT2D eigenvalue weighted by molar-refractivity contribution is 0.00854. The highest BCUT2D eigenvalue weighted by molar-refractivity contribution is 5.78. The molecule has 2 aromatic rings. The van der Waals surface area contributed by atoms with Crippen LogP contribution in [0.4, 0.5) is 0 Å². The number of nitrogens with zero attached hydrogens (tertiary/aromatic N) is 1. The van der Waals surface area contributed by atoms with Crippen molar-refractivity contribution >= 4 is 10.9 Å². The third kappa shape index (κ3) is 3.59. The van der Waals surface area contributed by atoms with E-state index in [4.69, 9.17) is 10.6 Å². The number of ether oxygens (including phenoxy) is 1. The third-order valence-corrected chi connectivity index (χ3v) is 4.27. The van der Waals surface area contributed by atoms with Crippen LogP contribution in [0, 0.1) is 0 Å². The first kappa shape index (κ1) is 14.4. The van der Waals surface area contributed by atoms with Crippen LogP contribution < -0.4 is 11.3 Å². The van der Waals surface area contributed by atoms with Crippen LogP contribution in [0.5, 0.6) is 0 Å². The molecule has 4 nitrogen and oxygen atoms in total. The van der Waals surface area contributed by atoms with Crippen LogP contribution in [-0.4, -0.2) is 17.7 Å². The van der Waals surface area contributed by atoms with Gasteiger partial charge in [0.1, 0.15) is 0 Å². The average Bonchev–Trinajstić information content (AvgIpc) is 2.56. The van der Waals surface area contributed by atoms with Crippen molar-refractivity contribution in [3.63, 3.8) is 0 Å². The number of benzene rings is 1. The number of aromatic nitrogens is 1. The van der Waals surface area contributed by atoms with Gasteiger partial charge in [-0.15, -0.1) is 0 Å². The van der Waals surface area contributed by atoms with Gasteiger partial charge in [-0.2, -0.15) is 0 Å². The summed E-state index contributed by atoms with van der Waals surface area (Å²) < 4.78 is 5.79. The molecule has 2 heterocycles.